The topological polar surface area (TPSA) is 39.1 Å². The van der Waals surface area contributed by atoms with Gasteiger partial charge in [0.2, 0.25) is 0 Å². The number of fused-ring (bicyclic) bond motifs is 3. The van der Waals surface area contributed by atoms with Crippen LogP contribution in [0.25, 0.3) is 11.3 Å². The highest BCUT2D eigenvalue weighted by atomic mass is 16.5. The van der Waals surface area contributed by atoms with Gasteiger partial charge < -0.3 is 10.1 Å². The molecule has 2 heterocycles. The Balaban J connectivity index is 1.89. The molecule has 0 aliphatic carbocycles. The quantitative estimate of drug-likeness (QED) is 0.787. The maximum atomic E-state index is 5.82. The molecule has 0 saturated heterocycles. The van der Waals surface area contributed by atoms with Crippen molar-refractivity contribution in [1.82, 2.24) is 9.78 Å². The average Bonchev–Trinajstić information content (AvgIpc) is 2.97. The Morgan fingerprint density at radius 1 is 1.13 bits per heavy atom. The Bertz CT molecular complexity index is 853. The van der Waals surface area contributed by atoms with E-state index in [1.165, 1.54) is 5.56 Å². The van der Waals surface area contributed by atoms with Crippen LogP contribution >= 0.6 is 0 Å². The minimum atomic E-state index is -0.0728. The fourth-order valence-corrected chi connectivity index (χ4v) is 3.16. The first kappa shape index (κ1) is 13.9. The lowest BCUT2D eigenvalue weighted by molar-refractivity contribution is 0.332. The number of nitrogens with one attached hydrogen (secondary N) is 1. The number of rotatable bonds is 3. The van der Waals surface area contributed by atoms with Crippen molar-refractivity contribution in [3.05, 3.63) is 65.9 Å². The predicted molar refractivity (Wildman–Crippen MR) is 91.8 cm³/mol. The molecule has 116 valence electrons. The summed E-state index contributed by atoms with van der Waals surface area (Å²) in [5.74, 6) is 0.894. The van der Waals surface area contributed by atoms with Crippen LogP contribution in [0.2, 0.25) is 0 Å². The minimum absolute atomic E-state index is 0.0728. The van der Waals surface area contributed by atoms with E-state index >= 15 is 0 Å². The molecular weight excluding hydrogens is 286 g/mol. The normalized spacial score (nSPS) is 15.5. The van der Waals surface area contributed by atoms with Gasteiger partial charge in [-0.3, -0.25) is 0 Å². The molecule has 0 radical (unpaired) electrons. The van der Waals surface area contributed by atoms with E-state index in [0.29, 0.717) is 6.61 Å². The van der Waals surface area contributed by atoms with E-state index < -0.39 is 0 Å². The van der Waals surface area contributed by atoms with E-state index in [2.05, 4.69) is 46.4 Å². The molecule has 2 aromatic carbocycles. The van der Waals surface area contributed by atoms with Crippen LogP contribution < -0.4 is 10.1 Å². The lowest BCUT2D eigenvalue weighted by Crippen LogP contribution is -2.26. The number of hydrogen-bond donors (Lipinski definition) is 1. The van der Waals surface area contributed by atoms with Crippen LogP contribution in [0, 0.1) is 6.92 Å². The molecule has 1 N–H and O–H groups in total. The SMILES string of the molecule is CCOc1ccccc1[C@@H]1Nc2ccccc2-c2cc(C)nn21. The second kappa shape index (κ2) is 5.47. The highest BCUT2D eigenvalue weighted by Crippen LogP contribution is 2.40. The van der Waals surface area contributed by atoms with Gasteiger partial charge in [0.1, 0.15) is 5.75 Å². The lowest BCUT2D eigenvalue weighted by Gasteiger charge is -2.30. The van der Waals surface area contributed by atoms with Crippen molar-refractivity contribution in [2.75, 3.05) is 11.9 Å². The van der Waals surface area contributed by atoms with Gasteiger partial charge in [-0.05, 0) is 32.0 Å². The molecule has 4 rings (SSSR count). The summed E-state index contributed by atoms with van der Waals surface area (Å²) in [6.07, 6.45) is -0.0728. The Kier molecular flexibility index (Phi) is 3.30. The fraction of sp³-hybridized carbons (Fsp3) is 0.211. The molecule has 4 heteroatoms. The molecule has 0 fully saturated rings. The van der Waals surface area contributed by atoms with Crippen LogP contribution in [-0.2, 0) is 0 Å². The minimum Gasteiger partial charge on any atom is -0.493 e. The van der Waals surface area contributed by atoms with E-state index in [1.807, 2.05) is 32.0 Å². The van der Waals surface area contributed by atoms with E-state index in [9.17, 15) is 0 Å². The third kappa shape index (κ3) is 2.27. The van der Waals surface area contributed by atoms with E-state index in [4.69, 9.17) is 9.84 Å². The van der Waals surface area contributed by atoms with Crippen LogP contribution in [0.5, 0.6) is 5.75 Å². The molecule has 4 nitrogen and oxygen atoms in total. The van der Waals surface area contributed by atoms with Crippen molar-refractivity contribution in [3.8, 4) is 17.0 Å². The van der Waals surface area contributed by atoms with Gasteiger partial charge >= 0.3 is 0 Å². The maximum Gasteiger partial charge on any atom is 0.150 e. The Morgan fingerprint density at radius 2 is 1.91 bits per heavy atom. The van der Waals surface area contributed by atoms with Gasteiger partial charge in [-0.15, -0.1) is 0 Å². The van der Waals surface area contributed by atoms with E-state index in [-0.39, 0.29) is 6.17 Å². The van der Waals surface area contributed by atoms with Crippen molar-refractivity contribution >= 4 is 5.69 Å². The molecule has 0 amide bonds. The molecule has 0 saturated carbocycles. The van der Waals surface area contributed by atoms with Gasteiger partial charge in [-0.25, -0.2) is 4.68 Å². The number of nitrogens with zero attached hydrogens (tertiary/aromatic N) is 2. The van der Waals surface area contributed by atoms with Gasteiger partial charge in [0.15, 0.2) is 6.17 Å². The molecule has 0 spiro atoms. The van der Waals surface area contributed by atoms with Crippen molar-refractivity contribution in [2.24, 2.45) is 0 Å². The van der Waals surface area contributed by atoms with Gasteiger partial charge in [0, 0.05) is 16.8 Å². The molecule has 23 heavy (non-hydrogen) atoms. The Hall–Kier alpha value is -2.75. The third-order valence-electron chi connectivity index (χ3n) is 4.11. The van der Waals surface area contributed by atoms with Gasteiger partial charge in [0.25, 0.3) is 0 Å². The second-order valence-corrected chi connectivity index (χ2v) is 5.68. The predicted octanol–water partition coefficient (Wildman–Crippen LogP) is 4.23. The van der Waals surface area contributed by atoms with E-state index in [0.717, 1.165) is 28.4 Å². The van der Waals surface area contributed by atoms with Crippen LogP contribution in [0.3, 0.4) is 0 Å². The molecule has 0 bridgehead atoms. The first-order chi connectivity index (χ1) is 11.3. The largest absolute Gasteiger partial charge is 0.493 e. The number of anilines is 1. The first-order valence-electron chi connectivity index (χ1n) is 7.91. The van der Waals surface area contributed by atoms with Crippen molar-refractivity contribution < 1.29 is 4.74 Å². The van der Waals surface area contributed by atoms with Gasteiger partial charge in [0.05, 0.1) is 18.0 Å². The van der Waals surface area contributed by atoms with Crippen LogP contribution in [-0.4, -0.2) is 16.4 Å². The third-order valence-corrected chi connectivity index (χ3v) is 4.11. The average molecular weight is 305 g/mol. The summed E-state index contributed by atoms with van der Waals surface area (Å²) in [7, 11) is 0. The van der Waals surface area contributed by atoms with Crippen LogP contribution in [0.15, 0.2) is 54.6 Å². The van der Waals surface area contributed by atoms with Crippen molar-refractivity contribution in [3.63, 3.8) is 0 Å². The zero-order valence-electron chi connectivity index (χ0n) is 13.3. The monoisotopic (exact) mass is 305 g/mol. The Labute approximate surface area is 135 Å². The maximum absolute atomic E-state index is 5.82. The van der Waals surface area contributed by atoms with Gasteiger partial charge in [-0.1, -0.05) is 36.4 Å². The number of benzene rings is 2. The second-order valence-electron chi connectivity index (χ2n) is 5.68. The standard InChI is InChI=1S/C19H19N3O/c1-3-23-18-11-7-5-9-15(18)19-20-16-10-6-4-8-14(16)17-12-13(2)21-22(17)19/h4-12,19-20H,3H2,1-2H3/t19-/m1/s1. The zero-order valence-corrected chi connectivity index (χ0v) is 13.3. The molecular formula is C19H19N3O. The summed E-state index contributed by atoms with van der Waals surface area (Å²) in [5.41, 5.74) is 5.54. The summed E-state index contributed by atoms with van der Waals surface area (Å²) in [5, 5.41) is 8.31. The molecule has 1 atom stereocenters. The molecule has 1 aromatic heterocycles. The smallest absolute Gasteiger partial charge is 0.150 e. The van der Waals surface area contributed by atoms with Crippen LogP contribution in [0.4, 0.5) is 5.69 Å². The summed E-state index contributed by atoms with van der Waals surface area (Å²) < 4.78 is 7.87. The lowest BCUT2D eigenvalue weighted by atomic mass is 10.0. The summed E-state index contributed by atoms with van der Waals surface area (Å²) in [6.45, 7) is 4.68. The zero-order chi connectivity index (χ0) is 15.8. The van der Waals surface area contributed by atoms with Crippen molar-refractivity contribution in [2.45, 2.75) is 20.0 Å². The molecule has 1 aliphatic rings. The Morgan fingerprint density at radius 3 is 2.78 bits per heavy atom. The van der Waals surface area contributed by atoms with Crippen LogP contribution in [0.1, 0.15) is 24.3 Å². The summed E-state index contributed by atoms with van der Waals surface area (Å²) in [4.78, 5) is 0. The number of ether oxygens (including phenoxy) is 1. The molecule has 0 unspecified atom stereocenters. The summed E-state index contributed by atoms with van der Waals surface area (Å²) >= 11 is 0. The van der Waals surface area contributed by atoms with Gasteiger partial charge in [-0.2, -0.15) is 5.10 Å². The number of aromatic nitrogens is 2. The number of aryl methyl sites for hydroxylation is 1. The fourth-order valence-electron chi connectivity index (χ4n) is 3.16. The molecule has 1 aliphatic heterocycles. The number of hydrogen-bond acceptors (Lipinski definition) is 3. The highest BCUT2D eigenvalue weighted by molar-refractivity contribution is 5.78. The molecule has 3 aromatic rings. The van der Waals surface area contributed by atoms with Crippen molar-refractivity contribution in [1.29, 1.82) is 0 Å². The highest BCUT2D eigenvalue weighted by Gasteiger charge is 2.27. The first-order valence-corrected chi connectivity index (χ1v) is 7.91. The number of para-hydroxylation sites is 2. The van der Waals surface area contributed by atoms with E-state index in [1.54, 1.807) is 0 Å². The summed E-state index contributed by atoms with van der Waals surface area (Å²) in [6, 6.07) is 18.6.